The SMILES string of the molecule is CCOC(=O)c1cc(C(C)(C)C)nn1-c1ccc2nccn2c1. The summed E-state index contributed by atoms with van der Waals surface area (Å²) in [5.41, 5.74) is 2.73. The number of esters is 1. The molecule has 0 bridgehead atoms. The maximum Gasteiger partial charge on any atom is 0.357 e. The molecular weight excluding hydrogens is 292 g/mol. The Kier molecular flexibility index (Phi) is 3.67. The third-order valence-corrected chi connectivity index (χ3v) is 3.58. The molecule has 6 heteroatoms. The molecule has 3 aromatic heterocycles. The van der Waals surface area contributed by atoms with Gasteiger partial charge in [0, 0.05) is 24.0 Å². The van der Waals surface area contributed by atoms with E-state index >= 15 is 0 Å². The van der Waals surface area contributed by atoms with Crippen molar-refractivity contribution in [3.05, 3.63) is 48.2 Å². The van der Waals surface area contributed by atoms with Gasteiger partial charge in [0.25, 0.3) is 0 Å². The molecule has 0 aliphatic rings. The Morgan fingerprint density at radius 2 is 2.09 bits per heavy atom. The van der Waals surface area contributed by atoms with Crippen molar-refractivity contribution in [1.29, 1.82) is 0 Å². The van der Waals surface area contributed by atoms with Gasteiger partial charge in [-0.1, -0.05) is 20.8 Å². The number of carbonyl (C=O) groups excluding carboxylic acids is 1. The van der Waals surface area contributed by atoms with E-state index in [0.29, 0.717) is 12.3 Å². The molecule has 0 atom stereocenters. The number of rotatable bonds is 3. The zero-order valence-corrected chi connectivity index (χ0v) is 13.8. The van der Waals surface area contributed by atoms with Crippen LogP contribution >= 0.6 is 0 Å². The fraction of sp³-hybridized carbons (Fsp3) is 0.353. The minimum Gasteiger partial charge on any atom is -0.461 e. The molecule has 120 valence electrons. The van der Waals surface area contributed by atoms with Crippen LogP contribution in [0, 0.1) is 0 Å². The van der Waals surface area contributed by atoms with E-state index in [4.69, 9.17) is 4.74 Å². The average Bonchev–Trinajstić information content (AvgIpc) is 3.13. The van der Waals surface area contributed by atoms with Crippen molar-refractivity contribution in [1.82, 2.24) is 19.2 Å². The highest BCUT2D eigenvalue weighted by molar-refractivity contribution is 5.88. The molecule has 23 heavy (non-hydrogen) atoms. The number of ether oxygens (including phenoxy) is 1. The predicted octanol–water partition coefficient (Wildman–Crippen LogP) is 2.99. The second-order valence-corrected chi connectivity index (χ2v) is 6.38. The molecule has 0 saturated carbocycles. The highest BCUT2D eigenvalue weighted by Crippen LogP contribution is 2.24. The van der Waals surface area contributed by atoms with Crippen molar-refractivity contribution in [3.63, 3.8) is 0 Å². The van der Waals surface area contributed by atoms with Crippen LogP contribution in [-0.4, -0.2) is 31.7 Å². The van der Waals surface area contributed by atoms with Crippen LogP contribution in [0.3, 0.4) is 0 Å². The average molecular weight is 312 g/mol. The fourth-order valence-electron chi connectivity index (χ4n) is 2.33. The first-order valence-electron chi connectivity index (χ1n) is 7.61. The van der Waals surface area contributed by atoms with Crippen LogP contribution in [-0.2, 0) is 10.2 Å². The lowest BCUT2D eigenvalue weighted by Gasteiger charge is -2.14. The number of carbonyl (C=O) groups is 1. The Labute approximate surface area is 134 Å². The summed E-state index contributed by atoms with van der Waals surface area (Å²) in [6.07, 6.45) is 5.48. The van der Waals surface area contributed by atoms with E-state index < -0.39 is 0 Å². The van der Waals surface area contributed by atoms with E-state index in [0.717, 1.165) is 17.0 Å². The van der Waals surface area contributed by atoms with Gasteiger partial charge < -0.3 is 9.14 Å². The second-order valence-electron chi connectivity index (χ2n) is 6.38. The molecule has 0 aromatic carbocycles. The van der Waals surface area contributed by atoms with Gasteiger partial charge in [0.15, 0.2) is 5.69 Å². The maximum atomic E-state index is 12.3. The Hall–Kier alpha value is -2.63. The van der Waals surface area contributed by atoms with Crippen molar-refractivity contribution < 1.29 is 9.53 Å². The third-order valence-electron chi connectivity index (χ3n) is 3.58. The molecule has 3 rings (SSSR count). The van der Waals surface area contributed by atoms with Crippen LogP contribution in [0.5, 0.6) is 0 Å². The first-order chi connectivity index (χ1) is 10.9. The standard InChI is InChI=1S/C17H20N4O2/c1-5-23-16(22)13-10-14(17(2,3)4)19-21(13)12-6-7-15-18-8-9-20(15)11-12/h6-11H,5H2,1-4H3. The Balaban J connectivity index is 2.15. The summed E-state index contributed by atoms with van der Waals surface area (Å²) < 4.78 is 8.70. The Morgan fingerprint density at radius 3 is 2.78 bits per heavy atom. The largest absolute Gasteiger partial charge is 0.461 e. The number of imidazole rings is 1. The summed E-state index contributed by atoms with van der Waals surface area (Å²) in [6.45, 7) is 8.31. The number of hydrogen-bond acceptors (Lipinski definition) is 4. The van der Waals surface area contributed by atoms with Crippen molar-refractivity contribution in [2.75, 3.05) is 6.61 Å². The van der Waals surface area contributed by atoms with Crippen LogP contribution in [0.25, 0.3) is 11.3 Å². The van der Waals surface area contributed by atoms with Crippen LogP contribution in [0.15, 0.2) is 36.8 Å². The lowest BCUT2D eigenvalue weighted by molar-refractivity contribution is 0.0515. The fourth-order valence-corrected chi connectivity index (χ4v) is 2.33. The molecule has 0 aliphatic heterocycles. The summed E-state index contributed by atoms with van der Waals surface area (Å²) in [4.78, 5) is 16.5. The van der Waals surface area contributed by atoms with Crippen molar-refractivity contribution in [3.8, 4) is 5.69 Å². The van der Waals surface area contributed by atoms with Crippen molar-refractivity contribution in [2.45, 2.75) is 33.1 Å². The highest BCUT2D eigenvalue weighted by Gasteiger charge is 2.24. The maximum absolute atomic E-state index is 12.3. The third kappa shape index (κ3) is 2.84. The van der Waals surface area contributed by atoms with Crippen LogP contribution in [0.1, 0.15) is 43.9 Å². The molecule has 0 saturated heterocycles. The monoisotopic (exact) mass is 312 g/mol. The molecule has 0 fully saturated rings. The topological polar surface area (TPSA) is 61.4 Å². The zero-order chi connectivity index (χ0) is 16.6. The summed E-state index contributed by atoms with van der Waals surface area (Å²) in [5, 5.41) is 4.63. The molecule has 0 aliphatic carbocycles. The summed E-state index contributed by atoms with van der Waals surface area (Å²) in [6, 6.07) is 5.59. The number of fused-ring (bicyclic) bond motifs is 1. The van der Waals surface area contributed by atoms with Gasteiger partial charge in [-0.2, -0.15) is 5.10 Å². The molecule has 3 heterocycles. The minimum absolute atomic E-state index is 0.161. The van der Waals surface area contributed by atoms with Gasteiger partial charge >= 0.3 is 5.97 Å². The van der Waals surface area contributed by atoms with Crippen molar-refractivity contribution >= 4 is 11.6 Å². The Morgan fingerprint density at radius 1 is 1.30 bits per heavy atom. The molecule has 0 N–H and O–H groups in total. The predicted molar refractivity (Wildman–Crippen MR) is 87.0 cm³/mol. The van der Waals surface area contributed by atoms with E-state index in [1.165, 1.54) is 0 Å². The first kappa shape index (κ1) is 15.3. The normalized spacial score (nSPS) is 11.8. The number of nitrogens with zero attached hydrogens (tertiary/aromatic N) is 4. The van der Waals surface area contributed by atoms with Gasteiger partial charge in [0.1, 0.15) is 5.65 Å². The molecule has 0 amide bonds. The van der Waals surface area contributed by atoms with E-state index in [1.54, 1.807) is 23.9 Å². The van der Waals surface area contributed by atoms with Gasteiger partial charge in [-0.25, -0.2) is 14.5 Å². The quantitative estimate of drug-likeness (QED) is 0.698. The van der Waals surface area contributed by atoms with Crippen LogP contribution in [0.2, 0.25) is 0 Å². The summed E-state index contributed by atoms with van der Waals surface area (Å²) in [5.74, 6) is -0.374. The zero-order valence-electron chi connectivity index (χ0n) is 13.8. The van der Waals surface area contributed by atoms with E-state index in [9.17, 15) is 4.79 Å². The molecule has 6 nitrogen and oxygen atoms in total. The van der Waals surface area contributed by atoms with Crippen LogP contribution < -0.4 is 0 Å². The van der Waals surface area contributed by atoms with Gasteiger partial charge in [-0.3, -0.25) is 0 Å². The smallest absolute Gasteiger partial charge is 0.357 e. The lowest BCUT2D eigenvalue weighted by Crippen LogP contribution is -2.13. The summed E-state index contributed by atoms with van der Waals surface area (Å²) in [7, 11) is 0. The van der Waals surface area contributed by atoms with E-state index in [2.05, 4.69) is 30.9 Å². The number of aromatic nitrogens is 4. The molecular formula is C17H20N4O2. The number of pyridine rings is 1. The van der Waals surface area contributed by atoms with Gasteiger partial charge in [0.05, 0.1) is 18.0 Å². The molecule has 3 aromatic rings. The van der Waals surface area contributed by atoms with Crippen molar-refractivity contribution in [2.24, 2.45) is 0 Å². The van der Waals surface area contributed by atoms with E-state index in [-0.39, 0.29) is 11.4 Å². The number of hydrogen-bond donors (Lipinski definition) is 0. The van der Waals surface area contributed by atoms with E-state index in [1.807, 2.05) is 28.9 Å². The molecule has 0 unspecified atom stereocenters. The van der Waals surface area contributed by atoms with Crippen LogP contribution in [0.4, 0.5) is 0 Å². The van der Waals surface area contributed by atoms with Gasteiger partial charge in [-0.15, -0.1) is 0 Å². The second kappa shape index (κ2) is 5.53. The molecule has 0 radical (unpaired) electrons. The molecule has 0 spiro atoms. The minimum atomic E-state index is -0.374. The van der Waals surface area contributed by atoms with Gasteiger partial charge in [-0.05, 0) is 25.1 Å². The first-order valence-corrected chi connectivity index (χ1v) is 7.61. The highest BCUT2D eigenvalue weighted by atomic mass is 16.5. The summed E-state index contributed by atoms with van der Waals surface area (Å²) >= 11 is 0. The Bertz CT molecular complexity index is 855. The lowest BCUT2D eigenvalue weighted by atomic mass is 9.92. The van der Waals surface area contributed by atoms with Gasteiger partial charge in [0.2, 0.25) is 0 Å².